The molecular formula is C15H26N2O3. The Morgan fingerprint density at radius 2 is 1.60 bits per heavy atom. The highest BCUT2D eigenvalue weighted by atomic mass is 16.4. The van der Waals surface area contributed by atoms with E-state index in [1.54, 1.807) is 0 Å². The molecule has 1 aliphatic heterocycles. The summed E-state index contributed by atoms with van der Waals surface area (Å²) in [4.78, 5) is 28.1. The summed E-state index contributed by atoms with van der Waals surface area (Å²) in [5, 5.41) is 9.28. The van der Waals surface area contributed by atoms with Crippen LogP contribution < -0.4 is 0 Å². The second kappa shape index (κ2) is 6.12. The number of carbonyl (C=O) groups excluding carboxylic acids is 1. The Hall–Kier alpha value is -1.10. The van der Waals surface area contributed by atoms with Gasteiger partial charge in [0, 0.05) is 32.2 Å². The van der Waals surface area contributed by atoms with Crippen LogP contribution in [0.1, 0.15) is 33.6 Å². The standard InChI is InChI=1S/C15H26N2O3/c1-10(2)16-4-6-17(7-5-16)14(18)12-8-11(3)9-13(12)15(19)20/h10-13H,4-9H2,1-3H3,(H,19,20). The summed E-state index contributed by atoms with van der Waals surface area (Å²) in [5.74, 6) is -1.21. The van der Waals surface area contributed by atoms with Crippen molar-refractivity contribution in [1.82, 2.24) is 9.80 Å². The van der Waals surface area contributed by atoms with Crippen molar-refractivity contribution in [1.29, 1.82) is 0 Å². The summed E-state index contributed by atoms with van der Waals surface area (Å²) >= 11 is 0. The van der Waals surface area contributed by atoms with E-state index >= 15 is 0 Å². The van der Waals surface area contributed by atoms with Crippen LogP contribution >= 0.6 is 0 Å². The van der Waals surface area contributed by atoms with Gasteiger partial charge in [0.15, 0.2) is 0 Å². The van der Waals surface area contributed by atoms with Crippen molar-refractivity contribution in [2.75, 3.05) is 26.2 Å². The smallest absolute Gasteiger partial charge is 0.307 e. The fraction of sp³-hybridized carbons (Fsp3) is 0.867. The van der Waals surface area contributed by atoms with Gasteiger partial charge in [-0.1, -0.05) is 6.92 Å². The van der Waals surface area contributed by atoms with Gasteiger partial charge in [-0.3, -0.25) is 14.5 Å². The van der Waals surface area contributed by atoms with E-state index in [2.05, 4.69) is 18.7 Å². The van der Waals surface area contributed by atoms with Gasteiger partial charge < -0.3 is 10.0 Å². The third-order valence-electron chi connectivity index (χ3n) is 4.79. The van der Waals surface area contributed by atoms with Crippen LogP contribution in [0, 0.1) is 17.8 Å². The highest BCUT2D eigenvalue weighted by Crippen LogP contribution is 2.37. The molecule has 2 aliphatic rings. The molecule has 5 nitrogen and oxygen atoms in total. The van der Waals surface area contributed by atoms with Gasteiger partial charge in [0.2, 0.25) is 5.91 Å². The lowest BCUT2D eigenvalue weighted by molar-refractivity contribution is -0.149. The number of rotatable bonds is 3. The maximum Gasteiger partial charge on any atom is 0.307 e. The minimum atomic E-state index is -0.812. The van der Waals surface area contributed by atoms with E-state index in [9.17, 15) is 14.7 Å². The Morgan fingerprint density at radius 1 is 1.05 bits per heavy atom. The number of carboxylic acids is 1. The average molecular weight is 282 g/mol. The average Bonchev–Trinajstić information content (AvgIpc) is 2.80. The summed E-state index contributed by atoms with van der Waals surface area (Å²) in [6.45, 7) is 9.61. The first-order valence-electron chi connectivity index (χ1n) is 7.65. The summed E-state index contributed by atoms with van der Waals surface area (Å²) in [6.07, 6.45) is 1.36. The van der Waals surface area contributed by atoms with E-state index in [1.807, 2.05) is 11.8 Å². The summed E-state index contributed by atoms with van der Waals surface area (Å²) < 4.78 is 0. The molecule has 114 valence electrons. The van der Waals surface area contributed by atoms with Gasteiger partial charge in [-0.15, -0.1) is 0 Å². The van der Waals surface area contributed by atoms with Crippen molar-refractivity contribution >= 4 is 11.9 Å². The number of aliphatic carboxylic acids is 1. The first kappa shape index (κ1) is 15.3. The molecule has 0 spiro atoms. The van der Waals surface area contributed by atoms with Crippen LogP contribution in [0.5, 0.6) is 0 Å². The van der Waals surface area contributed by atoms with Gasteiger partial charge in [0.05, 0.1) is 11.8 Å². The Bertz CT molecular complexity index is 375. The summed E-state index contributed by atoms with van der Waals surface area (Å²) in [7, 11) is 0. The van der Waals surface area contributed by atoms with Gasteiger partial charge in [0.1, 0.15) is 0 Å². The molecule has 1 N–H and O–H groups in total. The SMILES string of the molecule is CC1CC(C(=O)O)C(C(=O)N2CCN(C(C)C)CC2)C1. The van der Waals surface area contributed by atoms with Gasteiger partial charge in [0.25, 0.3) is 0 Å². The molecule has 2 fully saturated rings. The third-order valence-corrected chi connectivity index (χ3v) is 4.79. The summed E-state index contributed by atoms with van der Waals surface area (Å²) in [5.41, 5.74) is 0. The minimum Gasteiger partial charge on any atom is -0.481 e. The molecule has 1 heterocycles. The zero-order valence-corrected chi connectivity index (χ0v) is 12.7. The van der Waals surface area contributed by atoms with Crippen LogP contribution in [0.2, 0.25) is 0 Å². The number of carboxylic acid groups (broad SMARTS) is 1. The predicted molar refractivity (Wildman–Crippen MR) is 76.3 cm³/mol. The first-order valence-corrected chi connectivity index (χ1v) is 7.65. The fourth-order valence-electron chi connectivity index (χ4n) is 3.53. The lowest BCUT2D eigenvalue weighted by atomic mass is 9.94. The zero-order chi connectivity index (χ0) is 14.9. The second-order valence-electron chi connectivity index (χ2n) is 6.58. The van der Waals surface area contributed by atoms with Gasteiger partial charge in [-0.25, -0.2) is 0 Å². The third kappa shape index (κ3) is 3.14. The van der Waals surface area contributed by atoms with Crippen LogP contribution in [-0.4, -0.2) is 59.0 Å². The molecule has 0 aromatic rings. The van der Waals surface area contributed by atoms with E-state index < -0.39 is 11.9 Å². The lowest BCUT2D eigenvalue weighted by Crippen LogP contribution is -2.52. The molecule has 0 aromatic heterocycles. The predicted octanol–water partition coefficient (Wildman–Crippen LogP) is 1.29. The van der Waals surface area contributed by atoms with Crippen LogP contribution in [0.4, 0.5) is 0 Å². The van der Waals surface area contributed by atoms with Gasteiger partial charge >= 0.3 is 5.97 Å². The molecule has 20 heavy (non-hydrogen) atoms. The topological polar surface area (TPSA) is 60.9 Å². The zero-order valence-electron chi connectivity index (χ0n) is 12.7. The highest BCUT2D eigenvalue weighted by molar-refractivity contribution is 5.85. The number of hydrogen-bond acceptors (Lipinski definition) is 3. The molecule has 3 unspecified atom stereocenters. The van der Waals surface area contributed by atoms with Crippen molar-refractivity contribution in [3.8, 4) is 0 Å². The number of carbonyl (C=O) groups is 2. The van der Waals surface area contributed by atoms with E-state index in [0.717, 1.165) is 32.6 Å². The number of hydrogen-bond donors (Lipinski definition) is 1. The lowest BCUT2D eigenvalue weighted by Gasteiger charge is -2.38. The maximum atomic E-state index is 12.6. The maximum absolute atomic E-state index is 12.6. The molecule has 1 amide bonds. The summed E-state index contributed by atoms with van der Waals surface area (Å²) in [6, 6.07) is 0.505. The van der Waals surface area contributed by atoms with E-state index in [0.29, 0.717) is 18.4 Å². The van der Waals surface area contributed by atoms with Crippen molar-refractivity contribution in [3.05, 3.63) is 0 Å². The van der Waals surface area contributed by atoms with E-state index in [1.165, 1.54) is 0 Å². The van der Waals surface area contributed by atoms with Crippen LogP contribution in [0.3, 0.4) is 0 Å². The quantitative estimate of drug-likeness (QED) is 0.847. The van der Waals surface area contributed by atoms with Crippen LogP contribution in [0.25, 0.3) is 0 Å². The van der Waals surface area contributed by atoms with Crippen molar-refractivity contribution in [2.45, 2.75) is 39.7 Å². The Labute approximate surface area is 120 Å². The molecule has 1 saturated heterocycles. The molecule has 0 aromatic carbocycles. The van der Waals surface area contributed by atoms with Crippen molar-refractivity contribution < 1.29 is 14.7 Å². The molecular weight excluding hydrogens is 256 g/mol. The number of nitrogens with zero attached hydrogens (tertiary/aromatic N) is 2. The molecule has 0 radical (unpaired) electrons. The highest BCUT2D eigenvalue weighted by Gasteiger charge is 2.43. The van der Waals surface area contributed by atoms with E-state index in [4.69, 9.17) is 0 Å². The van der Waals surface area contributed by atoms with Crippen LogP contribution in [-0.2, 0) is 9.59 Å². The minimum absolute atomic E-state index is 0.0603. The Balaban J connectivity index is 1.96. The number of amides is 1. The second-order valence-corrected chi connectivity index (χ2v) is 6.58. The van der Waals surface area contributed by atoms with Crippen molar-refractivity contribution in [3.63, 3.8) is 0 Å². The van der Waals surface area contributed by atoms with Gasteiger partial charge in [-0.05, 0) is 32.6 Å². The molecule has 1 saturated carbocycles. The first-order chi connectivity index (χ1) is 9.40. The Morgan fingerprint density at radius 3 is 2.10 bits per heavy atom. The van der Waals surface area contributed by atoms with Gasteiger partial charge in [-0.2, -0.15) is 0 Å². The monoisotopic (exact) mass is 282 g/mol. The van der Waals surface area contributed by atoms with E-state index in [-0.39, 0.29) is 11.8 Å². The number of piperazine rings is 1. The van der Waals surface area contributed by atoms with Crippen LogP contribution in [0.15, 0.2) is 0 Å². The fourth-order valence-corrected chi connectivity index (χ4v) is 3.53. The molecule has 3 atom stereocenters. The molecule has 5 heteroatoms. The normalized spacial score (nSPS) is 31.8. The molecule has 2 rings (SSSR count). The van der Waals surface area contributed by atoms with Crippen molar-refractivity contribution in [2.24, 2.45) is 17.8 Å². The molecule has 1 aliphatic carbocycles. The Kier molecular flexibility index (Phi) is 4.68. The molecule has 0 bridgehead atoms. The largest absolute Gasteiger partial charge is 0.481 e.